The first-order valence-corrected chi connectivity index (χ1v) is 12.4. The molecule has 3 aromatic carbocycles. The van der Waals surface area contributed by atoms with Crippen LogP contribution in [0.15, 0.2) is 64.6 Å². The molecule has 0 atom stereocenters. The van der Waals surface area contributed by atoms with Crippen molar-refractivity contribution in [3.05, 3.63) is 87.2 Å². The number of rotatable bonds is 7. The molecule has 0 unspecified atom stereocenters. The summed E-state index contributed by atoms with van der Waals surface area (Å²) in [6.07, 6.45) is 1.33. The summed E-state index contributed by atoms with van der Waals surface area (Å²) in [5.41, 5.74) is 2.75. The fourth-order valence-electron chi connectivity index (χ4n) is 3.75. The number of methoxy groups -OCH3 is 1. The second-order valence-electron chi connectivity index (χ2n) is 8.60. The van der Waals surface area contributed by atoms with E-state index >= 15 is 0 Å². The van der Waals surface area contributed by atoms with Crippen LogP contribution in [-0.2, 0) is 14.4 Å². The molecule has 1 aliphatic heterocycles. The summed E-state index contributed by atoms with van der Waals surface area (Å²) >= 11 is 3.37. The van der Waals surface area contributed by atoms with Gasteiger partial charge in [0.05, 0.1) is 17.3 Å². The van der Waals surface area contributed by atoms with E-state index in [1.807, 2.05) is 13.8 Å². The highest BCUT2D eigenvalue weighted by Gasteiger charge is 2.37. The van der Waals surface area contributed by atoms with Crippen molar-refractivity contribution in [1.82, 2.24) is 5.32 Å². The Morgan fingerprint density at radius 1 is 1.05 bits per heavy atom. The molecule has 0 aliphatic carbocycles. The molecule has 0 spiro atoms. The molecule has 0 aromatic heterocycles. The van der Waals surface area contributed by atoms with Crippen molar-refractivity contribution in [3.8, 4) is 11.5 Å². The number of halogens is 2. The van der Waals surface area contributed by atoms with Gasteiger partial charge in [-0.25, -0.2) is 14.1 Å². The van der Waals surface area contributed by atoms with Crippen LogP contribution >= 0.6 is 15.9 Å². The van der Waals surface area contributed by atoms with Crippen molar-refractivity contribution in [2.75, 3.05) is 23.9 Å². The van der Waals surface area contributed by atoms with E-state index in [1.54, 1.807) is 24.3 Å². The van der Waals surface area contributed by atoms with E-state index < -0.39 is 29.6 Å². The molecule has 200 valence electrons. The van der Waals surface area contributed by atoms with Crippen LogP contribution < -0.4 is 25.0 Å². The number of nitrogens with one attached hydrogen (secondary N) is 2. The Bertz CT molecular complexity index is 1520. The van der Waals surface area contributed by atoms with E-state index in [2.05, 4.69) is 26.6 Å². The molecule has 5 amide bonds. The highest BCUT2D eigenvalue weighted by Crippen LogP contribution is 2.37. The van der Waals surface area contributed by atoms with E-state index in [0.717, 1.165) is 16.0 Å². The monoisotopic (exact) mass is 595 g/mol. The molecule has 4 rings (SSSR count). The average Bonchev–Trinajstić information content (AvgIpc) is 2.89. The Balaban J connectivity index is 1.56. The molecule has 1 fully saturated rings. The lowest BCUT2D eigenvalue weighted by atomic mass is 10.0. The quantitative estimate of drug-likeness (QED) is 0.297. The number of benzene rings is 3. The second-order valence-corrected chi connectivity index (χ2v) is 9.46. The van der Waals surface area contributed by atoms with Gasteiger partial charge >= 0.3 is 6.03 Å². The second kappa shape index (κ2) is 11.5. The van der Waals surface area contributed by atoms with Crippen molar-refractivity contribution in [2.24, 2.45) is 0 Å². The van der Waals surface area contributed by atoms with Crippen LogP contribution in [0.2, 0.25) is 0 Å². The molecule has 9 nitrogen and oxygen atoms in total. The predicted octanol–water partition coefficient (Wildman–Crippen LogP) is 4.90. The summed E-state index contributed by atoms with van der Waals surface area (Å²) in [5, 5.41) is 4.79. The summed E-state index contributed by atoms with van der Waals surface area (Å²) in [6.45, 7) is 3.39. The Hall–Kier alpha value is -4.51. The van der Waals surface area contributed by atoms with E-state index in [4.69, 9.17) is 9.47 Å². The van der Waals surface area contributed by atoms with Crippen LogP contribution in [0.1, 0.15) is 16.7 Å². The van der Waals surface area contributed by atoms with E-state index in [-0.39, 0.29) is 23.7 Å². The third-order valence-corrected chi connectivity index (χ3v) is 6.48. The van der Waals surface area contributed by atoms with Gasteiger partial charge in [0.2, 0.25) is 0 Å². The van der Waals surface area contributed by atoms with Crippen molar-refractivity contribution < 1.29 is 33.0 Å². The first kappa shape index (κ1) is 27.5. The van der Waals surface area contributed by atoms with Gasteiger partial charge in [-0.1, -0.05) is 6.07 Å². The summed E-state index contributed by atoms with van der Waals surface area (Å²) in [7, 11) is 1.39. The van der Waals surface area contributed by atoms with Gasteiger partial charge < -0.3 is 14.8 Å². The zero-order chi connectivity index (χ0) is 28.3. The zero-order valence-electron chi connectivity index (χ0n) is 21.1. The predicted molar refractivity (Wildman–Crippen MR) is 146 cm³/mol. The minimum Gasteiger partial charge on any atom is -0.493 e. The average molecular weight is 596 g/mol. The molecule has 11 heteroatoms. The number of amides is 5. The SMILES string of the molecule is COc1cc(/C=C2/C(=O)NC(=O)N(c3ccc(C)c(C)c3)C2=O)cc(Br)c1OCC(=O)Nc1ccc(F)cc1. The molecule has 39 heavy (non-hydrogen) atoms. The van der Waals surface area contributed by atoms with Crippen LogP contribution in [0.25, 0.3) is 6.08 Å². The Morgan fingerprint density at radius 3 is 2.44 bits per heavy atom. The number of ether oxygens (including phenoxy) is 2. The highest BCUT2D eigenvalue weighted by atomic mass is 79.9. The number of hydrogen-bond acceptors (Lipinski definition) is 6. The molecular weight excluding hydrogens is 573 g/mol. The largest absolute Gasteiger partial charge is 0.493 e. The fourth-order valence-corrected chi connectivity index (χ4v) is 4.33. The first-order valence-electron chi connectivity index (χ1n) is 11.6. The molecule has 1 saturated heterocycles. The molecule has 2 N–H and O–H groups in total. The third-order valence-electron chi connectivity index (χ3n) is 5.89. The van der Waals surface area contributed by atoms with Crippen LogP contribution in [0, 0.1) is 19.7 Å². The highest BCUT2D eigenvalue weighted by molar-refractivity contribution is 9.10. The van der Waals surface area contributed by atoms with E-state index in [1.165, 1.54) is 43.5 Å². The van der Waals surface area contributed by atoms with Crippen molar-refractivity contribution in [1.29, 1.82) is 0 Å². The lowest BCUT2D eigenvalue weighted by Gasteiger charge is -2.27. The maximum absolute atomic E-state index is 13.2. The molecule has 1 heterocycles. The smallest absolute Gasteiger partial charge is 0.335 e. The van der Waals surface area contributed by atoms with Crippen LogP contribution in [-0.4, -0.2) is 37.5 Å². The van der Waals surface area contributed by atoms with Crippen molar-refractivity contribution >= 4 is 57.1 Å². The molecule has 3 aromatic rings. The summed E-state index contributed by atoms with van der Waals surface area (Å²) < 4.78 is 24.5. The number of carbonyl (C=O) groups is 4. The zero-order valence-corrected chi connectivity index (χ0v) is 22.7. The van der Waals surface area contributed by atoms with Gasteiger partial charge in [0.1, 0.15) is 11.4 Å². The number of imide groups is 2. The van der Waals surface area contributed by atoms with Crippen LogP contribution in [0.4, 0.5) is 20.6 Å². The number of urea groups is 1. The fraction of sp³-hybridized carbons (Fsp3) is 0.143. The molecule has 1 aliphatic rings. The van der Waals surface area contributed by atoms with E-state index in [9.17, 15) is 23.6 Å². The normalized spacial score (nSPS) is 14.3. The third kappa shape index (κ3) is 6.15. The molecule has 0 saturated carbocycles. The lowest BCUT2D eigenvalue weighted by Crippen LogP contribution is -2.54. The van der Waals surface area contributed by atoms with Crippen molar-refractivity contribution in [3.63, 3.8) is 0 Å². The van der Waals surface area contributed by atoms with Gasteiger partial charge in [-0.3, -0.25) is 19.7 Å². The number of carbonyl (C=O) groups excluding carboxylic acids is 4. The molecule has 0 radical (unpaired) electrons. The van der Waals surface area contributed by atoms with Gasteiger partial charge in [0, 0.05) is 5.69 Å². The number of anilines is 2. The summed E-state index contributed by atoms with van der Waals surface area (Å²) in [6, 6.07) is 12.6. The Labute approximate surface area is 231 Å². The van der Waals surface area contributed by atoms with E-state index in [0.29, 0.717) is 21.4 Å². The standard InChI is InChI=1S/C28H23BrFN3O6/c1-15-4-9-20(10-16(15)2)33-27(36)21(26(35)32-28(33)37)11-17-12-22(29)25(23(13-17)38-3)39-14-24(34)31-19-7-5-18(30)6-8-19/h4-13H,14H2,1-3H3,(H,31,34)(H,32,35,37)/b21-11-. The first-order chi connectivity index (χ1) is 18.6. The maximum atomic E-state index is 13.2. The Kier molecular flexibility index (Phi) is 8.10. The lowest BCUT2D eigenvalue weighted by molar-refractivity contribution is -0.122. The number of barbiturate groups is 1. The van der Waals surface area contributed by atoms with Crippen LogP contribution in [0.3, 0.4) is 0 Å². The van der Waals surface area contributed by atoms with Gasteiger partial charge in [-0.15, -0.1) is 0 Å². The molecule has 0 bridgehead atoms. The topological polar surface area (TPSA) is 114 Å². The number of aryl methyl sites for hydroxylation is 2. The van der Waals surface area contributed by atoms with Crippen LogP contribution in [0.5, 0.6) is 11.5 Å². The maximum Gasteiger partial charge on any atom is 0.335 e. The minimum atomic E-state index is -0.841. The summed E-state index contributed by atoms with van der Waals surface area (Å²) in [5.74, 6) is -2.10. The molecular formula is C28H23BrFN3O6. The Morgan fingerprint density at radius 2 is 1.77 bits per heavy atom. The van der Waals surface area contributed by atoms with Crippen molar-refractivity contribution in [2.45, 2.75) is 13.8 Å². The van der Waals surface area contributed by atoms with Gasteiger partial charge in [0.25, 0.3) is 17.7 Å². The minimum absolute atomic E-state index is 0.209. The number of hydrogen-bond donors (Lipinski definition) is 2. The van der Waals surface area contributed by atoms with Gasteiger partial charge in [-0.2, -0.15) is 0 Å². The number of nitrogens with zero attached hydrogens (tertiary/aromatic N) is 1. The summed E-state index contributed by atoms with van der Waals surface area (Å²) in [4.78, 5) is 51.5. The van der Waals surface area contributed by atoms with Gasteiger partial charge in [-0.05, 0) is 101 Å². The van der Waals surface area contributed by atoms with Gasteiger partial charge in [0.15, 0.2) is 18.1 Å².